The monoisotopic (exact) mass is 147 g/mol. The summed E-state index contributed by atoms with van der Waals surface area (Å²) in [6.07, 6.45) is 0. The van der Waals surface area contributed by atoms with Gasteiger partial charge in [-0.15, -0.1) is 0 Å². The van der Waals surface area contributed by atoms with E-state index in [1.165, 1.54) is 0 Å². The van der Waals surface area contributed by atoms with E-state index in [-0.39, 0.29) is 0 Å². The lowest BCUT2D eigenvalue weighted by molar-refractivity contribution is -0.143. The van der Waals surface area contributed by atoms with E-state index in [4.69, 9.17) is 14.3 Å². The summed E-state index contributed by atoms with van der Waals surface area (Å²) in [5.74, 6) is -5.39. The van der Waals surface area contributed by atoms with Crippen LogP contribution in [0.15, 0.2) is 12.2 Å². The SMILES string of the molecule is [2H]C([2H])([2H])[C@H](C(=C)C(=O)O)C(=O)O. The number of carboxylic acids is 2. The molecule has 0 fully saturated rings. The summed E-state index contributed by atoms with van der Waals surface area (Å²) >= 11 is 0. The first-order valence-electron chi connectivity index (χ1n) is 3.83. The summed E-state index contributed by atoms with van der Waals surface area (Å²) in [7, 11) is 0. The molecule has 0 spiro atoms. The third-order valence-corrected chi connectivity index (χ3v) is 0.870. The Bertz CT molecular complexity index is 255. The molecule has 56 valence electrons. The standard InChI is InChI=1S/C6H8O4/c1-3(5(7)8)4(2)6(9)10/h4H,1H2,2H3,(H,7,8)(H,9,10)/t4-/m1/s1/i2D3. The molecule has 0 saturated carbocycles. The van der Waals surface area contributed by atoms with Gasteiger partial charge in [-0.1, -0.05) is 6.58 Å². The number of carbonyl (C=O) groups is 2. The van der Waals surface area contributed by atoms with Gasteiger partial charge in [0.05, 0.1) is 5.92 Å². The molecule has 0 aromatic carbocycles. The second-order valence-corrected chi connectivity index (χ2v) is 1.60. The minimum absolute atomic E-state index is 0.840. The quantitative estimate of drug-likeness (QED) is 0.565. The van der Waals surface area contributed by atoms with Gasteiger partial charge in [-0.2, -0.15) is 0 Å². The molecule has 0 bridgehead atoms. The first-order chi connectivity index (χ1) is 5.68. The molecule has 0 aromatic heterocycles. The third kappa shape index (κ3) is 1.89. The van der Waals surface area contributed by atoms with Crippen LogP contribution in [0.3, 0.4) is 0 Å². The number of rotatable bonds is 3. The largest absolute Gasteiger partial charge is 0.481 e. The number of hydrogen-bond acceptors (Lipinski definition) is 2. The zero-order valence-electron chi connectivity index (χ0n) is 8.00. The molecule has 10 heavy (non-hydrogen) atoms. The van der Waals surface area contributed by atoms with Crippen molar-refractivity contribution in [2.75, 3.05) is 0 Å². The Balaban J connectivity index is 4.95. The molecule has 2 N–H and O–H groups in total. The van der Waals surface area contributed by atoms with Gasteiger partial charge in [0, 0.05) is 9.69 Å². The summed E-state index contributed by atoms with van der Waals surface area (Å²) in [5.41, 5.74) is -0.840. The van der Waals surface area contributed by atoms with Crippen molar-refractivity contribution >= 4 is 11.9 Å². The van der Waals surface area contributed by atoms with Crippen molar-refractivity contribution in [2.24, 2.45) is 5.92 Å². The van der Waals surface area contributed by atoms with Gasteiger partial charge in [0.1, 0.15) is 0 Å². The van der Waals surface area contributed by atoms with Crippen molar-refractivity contribution in [1.82, 2.24) is 0 Å². The van der Waals surface area contributed by atoms with Gasteiger partial charge >= 0.3 is 11.9 Å². The van der Waals surface area contributed by atoms with Crippen LogP contribution in [-0.4, -0.2) is 22.2 Å². The molecule has 0 aromatic rings. The second-order valence-electron chi connectivity index (χ2n) is 1.60. The zero-order valence-corrected chi connectivity index (χ0v) is 5.00. The van der Waals surface area contributed by atoms with Gasteiger partial charge in [0.2, 0.25) is 0 Å². The van der Waals surface area contributed by atoms with Crippen LogP contribution in [0.5, 0.6) is 0 Å². The van der Waals surface area contributed by atoms with Crippen molar-refractivity contribution in [3.05, 3.63) is 12.2 Å². The van der Waals surface area contributed by atoms with Crippen LogP contribution in [0, 0.1) is 5.92 Å². The lowest BCUT2D eigenvalue weighted by Gasteiger charge is -2.03. The van der Waals surface area contributed by atoms with Crippen LogP contribution >= 0.6 is 0 Å². The third-order valence-electron chi connectivity index (χ3n) is 0.870. The van der Waals surface area contributed by atoms with Gasteiger partial charge in [0.15, 0.2) is 0 Å². The highest BCUT2D eigenvalue weighted by molar-refractivity contribution is 5.92. The molecule has 0 aliphatic carbocycles. The Morgan fingerprint density at radius 3 is 2.20 bits per heavy atom. The van der Waals surface area contributed by atoms with Crippen molar-refractivity contribution in [2.45, 2.75) is 6.85 Å². The van der Waals surface area contributed by atoms with Crippen molar-refractivity contribution in [3.63, 3.8) is 0 Å². The van der Waals surface area contributed by atoms with Crippen LogP contribution < -0.4 is 0 Å². The van der Waals surface area contributed by atoms with E-state index < -0.39 is 30.3 Å². The average Bonchev–Trinajstić information content (AvgIpc) is 1.82. The van der Waals surface area contributed by atoms with E-state index in [2.05, 4.69) is 6.58 Å². The maximum absolute atomic E-state index is 10.4. The normalized spacial score (nSPS) is 17.8. The lowest BCUT2D eigenvalue weighted by atomic mass is 10.0. The van der Waals surface area contributed by atoms with Crippen LogP contribution in [0.2, 0.25) is 0 Å². The molecule has 0 unspecified atom stereocenters. The van der Waals surface area contributed by atoms with Crippen LogP contribution in [0.4, 0.5) is 0 Å². The van der Waals surface area contributed by atoms with Crippen LogP contribution in [-0.2, 0) is 9.59 Å². The molecule has 0 saturated heterocycles. The molecule has 0 heterocycles. The minimum atomic E-state index is -2.89. The average molecular weight is 147 g/mol. The van der Waals surface area contributed by atoms with Crippen LogP contribution in [0.1, 0.15) is 11.0 Å². The zero-order chi connectivity index (χ0) is 10.8. The van der Waals surface area contributed by atoms with Gasteiger partial charge in [0.25, 0.3) is 0 Å². The molecule has 1 atom stereocenters. The fraction of sp³-hybridized carbons (Fsp3) is 0.333. The highest BCUT2D eigenvalue weighted by Gasteiger charge is 2.19. The van der Waals surface area contributed by atoms with E-state index in [1.807, 2.05) is 0 Å². The Kier molecular flexibility index (Phi) is 1.35. The smallest absolute Gasteiger partial charge is 0.331 e. The van der Waals surface area contributed by atoms with Crippen molar-refractivity contribution < 1.29 is 23.9 Å². The van der Waals surface area contributed by atoms with E-state index in [0.717, 1.165) is 0 Å². The summed E-state index contributed by atoms with van der Waals surface area (Å²) in [6, 6.07) is 0. The highest BCUT2D eigenvalue weighted by Crippen LogP contribution is 2.07. The number of carboxylic acid groups (broad SMARTS) is 2. The highest BCUT2D eigenvalue weighted by atomic mass is 16.4. The molecule has 0 aliphatic heterocycles. The molecule has 0 radical (unpaired) electrons. The topological polar surface area (TPSA) is 74.6 Å². The molecular weight excluding hydrogens is 136 g/mol. The fourth-order valence-corrected chi connectivity index (χ4v) is 0.273. The van der Waals surface area contributed by atoms with Gasteiger partial charge in [-0.3, -0.25) is 4.79 Å². The molecule has 0 rings (SSSR count). The molecule has 4 nitrogen and oxygen atoms in total. The Morgan fingerprint density at radius 2 is 2.10 bits per heavy atom. The van der Waals surface area contributed by atoms with Gasteiger partial charge < -0.3 is 10.2 Å². The Hall–Kier alpha value is -1.32. The van der Waals surface area contributed by atoms with Crippen molar-refractivity contribution in [1.29, 1.82) is 0 Å². The summed E-state index contributed by atoms with van der Waals surface area (Å²) in [4.78, 5) is 20.7. The molecule has 4 heteroatoms. The fourth-order valence-electron chi connectivity index (χ4n) is 0.273. The predicted molar refractivity (Wildman–Crippen MR) is 33.6 cm³/mol. The van der Waals surface area contributed by atoms with Gasteiger partial charge in [-0.25, -0.2) is 4.79 Å². The lowest BCUT2D eigenvalue weighted by Crippen LogP contribution is -2.17. The van der Waals surface area contributed by atoms with Gasteiger partial charge in [-0.05, 0) is 6.85 Å². The summed E-state index contributed by atoms with van der Waals surface area (Å²) in [5, 5.41) is 16.8. The molecular formula is C6H8O4. The second kappa shape index (κ2) is 3.00. The Morgan fingerprint density at radius 1 is 1.60 bits per heavy atom. The van der Waals surface area contributed by atoms with E-state index >= 15 is 0 Å². The van der Waals surface area contributed by atoms with Crippen molar-refractivity contribution in [3.8, 4) is 0 Å². The Labute approximate surface area is 62.0 Å². The first kappa shape index (κ1) is 4.49. The first-order valence-corrected chi connectivity index (χ1v) is 2.33. The summed E-state index contributed by atoms with van der Waals surface area (Å²) in [6.45, 7) is 0.0143. The molecule has 0 aliphatic rings. The maximum Gasteiger partial charge on any atom is 0.331 e. The van der Waals surface area contributed by atoms with E-state index in [1.54, 1.807) is 0 Å². The maximum atomic E-state index is 10.4. The van der Waals surface area contributed by atoms with Crippen LogP contribution in [0.25, 0.3) is 0 Å². The predicted octanol–water partition coefficient (Wildman–Crippen LogP) is 0.348. The minimum Gasteiger partial charge on any atom is -0.481 e. The summed E-state index contributed by atoms with van der Waals surface area (Å²) < 4.78 is 20.3. The molecule has 0 amide bonds. The number of aliphatic carboxylic acids is 2. The van der Waals surface area contributed by atoms with E-state index in [0.29, 0.717) is 0 Å². The number of hydrogen-bond donors (Lipinski definition) is 2. The van der Waals surface area contributed by atoms with E-state index in [9.17, 15) is 9.59 Å².